The fraction of sp³-hybridized carbons (Fsp3) is 0.643. The van der Waals surface area contributed by atoms with Gasteiger partial charge in [0.15, 0.2) is 0 Å². The molecule has 0 bridgehead atoms. The fourth-order valence-electron chi connectivity index (χ4n) is 2.82. The van der Waals surface area contributed by atoms with E-state index in [0.717, 1.165) is 24.2 Å². The largest absolute Gasteiger partial charge is 0.495 e. The molecule has 1 aromatic rings. The topological polar surface area (TPSA) is 63.4 Å². The monoisotopic (exact) mass is 266 g/mol. The van der Waals surface area contributed by atoms with Gasteiger partial charge in [0.2, 0.25) is 0 Å². The van der Waals surface area contributed by atoms with E-state index in [1.165, 1.54) is 0 Å². The Balaban J connectivity index is 3.23. The number of pyridine rings is 1. The summed E-state index contributed by atoms with van der Waals surface area (Å²) in [6.45, 7) is 4.36. The van der Waals surface area contributed by atoms with Crippen molar-refractivity contribution < 1.29 is 4.74 Å². The van der Waals surface area contributed by atoms with E-state index in [1.54, 1.807) is 13.3 Å². The number of nitrogens with two attached hydrogens (primary N) is 1. The predicted molar refractivity (Wildman–Crippen MR) is 77.9 cm³/mol. The standard InChI is InChI=1S/C14H26N4O/c1-6-14(7-2,18(3)4)13(17-15)11-8-12(19-5)10-16-9-11/h8-10,13,17H,6-7,15H2,1-5H3. The normalized spacial score (nSPS) is 13.6. The second kappa shape index (κ2) is 6.84. The van der Waals surface area contributed by atoms with E-state index < -0.39 is 0 Å². The Kier molecular flexibility index (Phi) is 5.72. The summed E-state index contributed by atoms with van der Waals surface area (Å²) in [7, 11) is 5.82. The zero-order valence-corrected chi connectivity index (χ0v) is 12.6. The van der Waals surface area contributed by atoms with Crippen molar-refractivity contribution in [2.24, 2.45) is 5.84 Å². The molecule has 0 aliphatic rings. The Bertz CT molecular complexity index is 391. The maximum absolute atomic E-state index is 5.83. The highest BCUT2D eigenvalue weighted by Crippen LogP contribution is 2.36. The molecule has 0 fully saturated rings. The first-order chi connectivity index (χ1) is 9.05. The van der Waals surface area contributed by atoms with Crippen LogP contribution in [0.2, 0.25) is 0 Å². The van der Waals surface area contributed by atoms with Crippen molar-refractivity contribution in [2.75, 3.05) is 21.2 Å². The zero-order valence-electron chi connectivity index (χ0n) is 12.6. The third kappa shape index (κ3) is 3.05. The molecule has 1 heterocycles. The van der Waals surface area contributed by atoms with Gasteiger partial charge in [-0.05, 0) is 38.6 Å². The van der Waals surface area contributed by atoms with Gasteiger partial charge in [-0.2, -0.15) is 0 Å². The van der Waals surface area contributed by atoms with Gasteiger partial charge >= 0.3 is 0 Å². The van der Waals surface area contributed by atoms with Gasteiger partial charge in [-0.3, -0.25) is 16.3 Å². The van der Waals surface area contributed by atoms with E-state index in [1.807, 2.05) is 12.3 Å². The quantitative estimate of drug-likeness (QED) is 0.581. The summed E-state index contributed by atoms with van der Waals surface area (Å²) >= 11 is 0. The van der Waals surface area contributed by atoms with E-state index >= 15 is 0 Å². The van der Waals surface area contributed by atoms with Gasteiger partial charge in [0.1, 0.15) is 5.75 Å². The van der Waals surface area contributed by atoms with Crippen LogP contribution in [0.1, 0.15) is 38.3 Å². The Labute approximate surface area is 116 Å². The summed E-state index contributed by atoms with van der Waals surface area (Å²) in [6.07, 6.45) is 5.52. The molecule has 1 rings (SSSR count). The molecule has 0 saturated carbocycles. The number of hydrazine groups is 1. The minimum absolute atomic E-state index is 0.0000926. The van der Waals surface area contributed by atoms with E-state index in [9.17, 15) is 0 Å². The van der Waals surface area contributed by atoms with Crippen LogP contribution in [0.15, 0.2) is 18.5 Å². The molecule has 19 heavy (non-hydrogen) atoms. The molecule has 0 aliphatic heterocycles. The van der Waals surface area contributed by atoms with Crippen molar-refractivity contribution in [3.8, 4) is 5.75 Å². The van der Waals surface area contributed by atoms with Crippen LogP contribution >= 0.6 is 0 Å². The van der Waals surface area contributed by atoms with E-state index in [2.05, 4.69) is 43.3 Å². The molecule has 0 aromatic carbocycles. The fourth-order valence-corrected chi connectivity index (χ4v) is 2.82. The van der Waals surface area contributed by atoms with Crippen molar-refractivity contribution in [1.82, 2.24) is 15.3 Å². The van der Waals surface area contributed by atoms with Crippen LogP contribution in [0.25, 0.3) is 0 Å². The van der Waals surface area contributed by atoms with Crippen molar-refractivity contribution in [3.05, 3.63) is 24.0 Å². The van der Waals surface area contributed by atoms with E-state index in [4.69, 9.17) is 10.6 Å². The number of hydrogen-bond donors (Lipinski definition) is 2. The molecule has 1 aromatic heterocycles. The molecule has 1 unspecified atom stereocenters. The second-order valence-electron chi connectivity index (χ2n) is 4.96. The van der Waals surface area contributed by atoms with Crippen molar-refractivity contribution in [3.63, 3.8) is 0 Å². The van der Waals surface area contributed by atoms with E-state index in [0.29, 0.717) is 0 Å². The predicted octanol–water partition coefficient (Wildman–Crippen LogP) is 1.72. The summed E-state index contributed by atoms with van der Waals surface area (Å²) in [5, 5.41) is 0. The average Bonchev–Trinajstić information content (AvgIpc) is 2.44. The molecule has 5 nitrogen and oxygen atoms in total. The lowest BCUT2D eigenvalue weighted by molar-refractivity contribution is 0.0879. The summed E-state index contributed by atoms with van der Waals surface area (Å²) in [5.74, 6) is 6.57. The third-order valence-electron chi connectivity index (χ3n) is 4.12. The maximum atomic E-state index is 5.83. The van der Waals surface area contributed by atoms with Crippen molar-refractivity contribution >= 4 is 0 Å². The average molecular weight is 266 g/mol. The van der Waals surface area contributed by atoms with Crippen LogP contribution in [0.4, 0.5) is 0 Å². The van der Waals surface area contributed by atoms with Crippen molar-refractivity contribution in [1.29, 1.82) is 0 Å². The Morgan fingerprint density at radius 1 is 1.37 bits per heavy atom. The lowest BCUT2D eigenvalue weighted by Gasteiger charge is -2.45. The van der Waals surface area contributed by atoms with Crippen LogP contribution < -0.4 is 16.0 Å². The second-order valence-corrected chi connectivity index (χ2v) is 4.96. The molecule has 0 spiro atoms. The SMILES string of the molecule is CCC(CC)(C(NN)c1cncc(OC)c1)N(C)C. The molecule has 5 heteroatoms. The van der Waals surface area contributed by atoms with Crippen LogP contribution in [0.3, 0.4) is 0 Å². The molecular weight excluding hydrogens is 240 g/mol. The molecular formula is C14H26N4O. The van der Waals surface area contributed by atoms with Crippen LogP contribution in [-0.4, -0.2) is 36.6 Å². The molecule has 0 aliphatic carbocycles. The molecule has 0 amide bonds. The van der Waals surface area contributed by atoms with Gasteiger partial charge in [-0.15, -0.1) is 0 Å². The number of rotatable bonds is 7. The summed E-state index contributed by atoms with van der Waals surface area (Å²) in [4.78, 5) is 6.46. The van der Waals surface area contributed by atoms with Gasteiger partial charge in [-0.1, -0.05) is 13.8 Å². The molecule has 108 valence electrons. The van der Waals surface area contributed by atoms with Crippen LogP contribution in [-0.2, 0) is 0 Å². The first-order valence-corrected chi connectivity index (χ1v) is 6.68. The highest BCUT2D eigenvalue weighted by atomic mass is 16.5. The van der Waals surface area contributed by atoms with Gasteiger partial charge in [0.05, 0.1) is 19.3 Å². The number of likely N-dealkylation sites (N-methyl/N-ethyl adjacent to an activating group) is 1. The molecule has 0 saturated heterocycles. The van der Waals surface area contributed by atoms with Crippen LogP contribution in [0.5, 0.6) is 5.75 Å². The summed E-state index contributed by atoms with van der Waals surface area (Å²) < 4.78 is 5.25. The van der Waals surface area contributed by atoms with Crippen LogP contribution in [0, 0.1) is 0 Å². The third-order valence-corrected chi connectivity index (χ3v) is 4.12. The number of ether oxygens (including phenoxy) is 1. The summed E-state index contributed by atoms with van der Waals surface area (Å²) in [5.41, 5.74) is 3.94. The minimum Gasteiger partial charge on any atom is -0.495 e. The maximum Gasteiger partial charge on any atom is 0.137 e. The lowest BCUT2D eigenvalue weighted by Crippen LogP contribution is -2.54. The number of aromatic nitrogens is 1. The first-order valence-electron chi connectivity index (χ1n) is 6.68. The zero-order chi connectivity index (χ0) is 14.5. The van der Waals surface area contributed by atoms with Gasteiger partial charge in [-0.25, -0.2) is 0 Å². The Morgan fingerprint density at radius 3 is 2.42 bits per heavy atom. The number of nitrogens with zero attached hydrogens (tertiary/aromatic N) is 2. The highest BCUT2D eigenvalue weighted by Gasteiger charge is 2.38. The van der Waals surface area contributed by atoms with Gasteiger partial charge in [0, 0.05) is 11.7 Å². The van der Waals surface area contributed by atoms with E-state index in [-0.39, 0.29) is 11.6 Å². The molecule has 3 N–H and O–H groups in total. The Morgan fingerprint density at radius 2 is 2.00 bits per heavy atom. The lowest BCUT2D eigenvalue weighted by atomic mass is 9.80. The number of hydrogen-bond acceptors (Lipinski definition) is 5. The summed E-state index contributed by atoms with van der Waals surface area (Å²) in [6, 6.07) is 1.99. The van der Waals surface area contributed by atoms with Gasteiger partial charge < -0.3 is 9.64 Å². The minimum atomic E-state index is -0.0528. The van der Waals surface area contributed by atoms with Gasteiger partial charge in [0.25, 0.3) is 0 Å². The molecule has 0 radical (unpaired) electrons. The Hall–Kier alpha value is -1.17. The van der Waals surface area contributed by atoms with Crippen molar-refractivity contribution in [2.45, 2.75) is 38.3 Å². The molecule has 1 atom stereocenters. The highest BCUT2D eigenvalue weighted by molar-refractivity contribution is 5.28. The smallest absolute Gasteiger partial charge is 0.137 e. The number of nitrogens with one attached hydrogen (secondary N) is 1. The number of methoxy groups -OCH3 is 1. The first kappa shape index (κ1) is 15.9.